The molecule has 3 amide bonds. The minimum atomic E-state index is -0.728. The quantitative estimate of drug-likeness (QED) is 0.153. The van der Waals surface area contributed by atoms with E-state index in [4.69, 9.17) is 16.3 Å². The first-order valence-corrected chi connectivity index (χ1v) is 13.2. The van der Waals surface area contributed by atoms with Crippen molar-refractivity contribution in [3.63, 3.8) is 0 Å². The third kappa shape index (κ3) is 12.4. The van der Waals surface area contributed by atoms with Gasteiger partial charge in [-0.2, -0.15) is 0 Å². The highest BCUT2D eigenvalue weighted by Gasteiger charge is 2.13. The smallest absolute Gasteiger partial charge is 0.338 e. The lowest BCUT2D eigenvalue weighted by Crippen LogP contribution is -2.43. The van der Waals surface area contributed by atoms with Gasteiger partial charge >= 0.3 is 5.97 Å². The number of hydrazine groups is 1. The van der Waals surface area contributed by atoms with Gasteiger partial charge in [0.2, 0.25) is 5.91 Å². The number of anilines is 1. The Morgan fingerprint density at radius 2 is 1.41 bits per heavy atom. The summed E-state index contributed by atoms with van der Waals surface area (Å²) in [4.78, 5) is 48.5. The molecule has 200 valence electrons. The topological polar surface area (TPSA) is 114 Å². The Kier molecular flexibility index (Phi) is 13.8. The third-order valence-corrected chi connectivity index (χ3v) is 5.90. The van der Waals surface area contributed by atoms with E-state index in [9.17, 15) is 19.2 Å². The fourth-order valence-electron chi connectivity index (χ4n) is 3.59. The number of unbranched alkanes of at least 4 members (excludes halogenated alkanes) is 8. The number of amides is 3. The van der Waals surface area contributed by atoms with E-state index in [1.807, 2.05) is 0 Å². The minimum Gasteiger partial charge on any atom is -0.452 e. The summed E-state index contributed by atoms with van der Waals surface area (Å²) < 4.78 is 5.00. The summed E-state index contributed by atoms with van der Waals surface area (Å²) in [5.41, 5.74) is 5.39. The molecule has 0 bridgehead atoms. The fourth-order valence-corrected chi connectivity index (χ4v) is 3.72. The van der Waals surface area contributed by atoms with Crippen LogP contribution in [0, 0.1) is 0 Å². The SMILES string of the molecule is CCCCCCCCCCCC(=O)Nc1cccc(C(=O)OCC(=O)NNC(=O)c2ccc(Cl)cc2)c1. The van der Waals surface area contributed by atoms with E-state index in [1.54, 1.807) is 24.3 Å². The minimum absolute atomic E-state index is 0.107. The van der Waals surface area contributed by atoms with Crippen LogP contribution in [0.3, 0.4) is 0 Å². The van der Waals surface area contributed by atoms with Gasteiger partial charge in [0.25, 0.3) is 11.8 Å². The predicted octanol–water partition coefficient (Wildman–Crippen LogP) is 5.82. The van der Waals surface area contributed by atoms with Crippen LogP contribution in [0.5, 0.6) is 0 Å². The van der Waals surface area contributed by atoms with Gasteiger partial charge < -0.3 is 10.1 Å². The summed E-state index contributed by atoms with van der Waals surface area (Å²) in [6, 6.07) is 12.4. The van der Waals surface area contributed by atoms with Crippen molar-refractivity contribution >= 4 is 41.0 Å². The highest BCUT2D eigenvalue weighted by molar-refractivity contribution is 6.30. The molecule has 0 aliphatic carbocycles. The molecule has 0 saturated heterocycles. The maximum absolute atomic E-state index is 12.3. The number of rotatable bonds is 15. The van der Waals surface area contributed by atoms with E-state index in [0.717, 1.165) is 19.3 Å². The van der Waals surface area contributed by atoms with E-state index in [0.29, 0.717) is 22.7 Å². The van der Waals surface area contributed by atoms with Crippen molar-refractivity contribution in [2.45, 2.75) is 71.1 Å². The van der Waals surface area contributed by atoms with Crippen LogP contribution in [0.4, 0.5) is 5.69 Å². The van der Waals surface area contributed by atoms with Crippen molar-refractivity contribution in [2.75, 3.05) is 11.9 Å². The number of halogens is 1. The summed E-state index contributed by atoms with van der Waals surface area (Å²) in [6.45, 7) is 1.62. The van der Waals surface area contributed by atoms with Gasteiger partial charge in [-0.15, -0.1) is 0 Å². The van der Waals surface area contributed by atoms with Crippen LogP contribution >= 0.6 is 11.6 Å². The summed E-state index contributed by atoms with van der Waals surface area (Å²) in [5.74, 6) is -2.08. The Morgan fingerprint density at radius 1 is 0.757 bits per heavy atom. The number of esters is 1. The number of nitrogens with one attached hydrogen (secondary N) is 3. The molecule has 8 nitrogen and oxygen atoms in total. The van der Waals surface area contributed by atoms with Gasteiger partial charge in [0.05, 0.1) is 5.56 Å². The number of carbonyl (C=O) groups excluding carboxylic acids is 4. The molecule has 0 atom stereocenters. The lowest BCUT2D eigenvalue weighted by atomic mass is 10.1. The highest BCUT2D eigenvalue weighted by Crippen LogP contribution is 2.14. The first kappa shape index (κ1) is 29.8. The molecule has 9 heteroatoms. The van der Waals surface area contributed by atoms with Gasteiger partial charge in [0.15, 0.2) is 6.61 Å². The van der Waals surface area contributed by atoms with Gasteiger partial charge in [-0.1, -0.05) is 76.0 Å². The zero-order chi connectivity index (χ0) is 26.9. The number of hydrogen-bond donors (Lipinski definition) is 3. The Labute approximate surface area is 223 Å². The molecule has 0 aliphatic rings. The molecule has 0 aromatic heterocycles. The molecule has 0 spiro atoms. The van der Waals surface area contributed by atoms with Gasteiger partial charge in [-0.3, -0.25) is 25.2 Å². The molecule has 0 aliphatic heterocycles. The van der Waals surface area contributed by atoms with Gasteiger partial charge in [-0.05, 0) is 48.9 Å². The molecular weight excluding hydrogens is 494 g/mol. The van der Waals surface area contributed by atoms with Crippen molar-refractivity contribution in [3.8, 4) is 0 Å². The Bertz CT molecular complexity index is 1030. The number of carbonyl (C=O) groups is 4. The zero-order valence-electron chi connectivity index (χ0n) is 21.3. The summed E-state index contributed by atoms with van der Waals surface area (Å²) in [7, 11) is 0. The maximum Gasteiger partial charge on any atom is 0.338 e. The molecule has 0 unspecified atom stereocenters. The van der Waals surface area contributed by atoms with Crippen LogP contribution < -0.4 is 16.2 Å². The van der Waals surface area contributed by atoms with Gasteiger partial charge in [-0.25, -0.2) is 4.79 Å². The lowest BCUT2D eigenvalue weighted by Gasteiger charge is -2.09. The largest absolute Gasteiger partial charge is 0.452 e. The number of hydrogen-bond acceptors (Lipinski definition) is 5. The maximum atomic E-state index is 12.3. The van der Waals surface area contributed by atoms with E-state index < -0.39 is 24.4 Å². The molecule has 37 heavy (non-hydrogen) atoms. The molecule has 3 N–H and O–H groups in total. The third-order valence-electron chi connectivity index (χ3n) is 5.65. The van der Waals surface area contributed by atoms with Crippen LogP contribution in [-0.4, -0.2) is 30.3 Å². The Morgan fingerprint density at radius 3 is 2.08 bits per heavy atom. The molecule has 0 radical (unpaired) electrons. The molecule has 0 heterocycles. The molecule has 2 aromatic carbocycles. The van der Waals surface area contributed by atoms with Crippen molar-refractivity contribution in [2.24, 2.45) is 0 Å². The van der Waals surface area contributed by atoms with Gasteiger partial charge in [0, 0.05) is 22.7 Å². The van der Waals surface area contributed by atoms with Crippen molar-refractivity contribution in [1.29, 1.82) is 0 Å². The van der Waals surface area contributed by atoms with Crippen LogP contribution in [0.15, 0.2) is 48.5 Å². The van der Waals surface area contributed by atoms with Crippen LogP contribution in [0.2, 0.25) is 5.02 Å². The van der Waals surface area contributed by atoms with E-state index in [-0.39, 0.29) is 11.5 Å². The number of ether oxygens (including phenoxy) is 1. The molecule has 2 aromatic rings. The molecular formula is C28H36ClN3O5. The highest BCUT2D eigenvalue weighted by atomic mass is 35.5. The second-order valence-electron chi connectivity index (χ2n) is 8.79. The summed E-state index contributed by atoms with van der Waals surface area (Å²) in [5, 5.41) is 3.28. The van der Waals surface area contributed by atoms with Gasteiger partial charge in [0.1, 0.15) is 0 Å². The predicted molar refractivity (Wildman–Crippen MR) is 144 cm³/mol. The second-order valence-corrected chi connectivity index (χ2v) is 9.23. The van der Waals surface area contributed by atoms with E-state index >= 15 is 0 Å². The standard InChI is InChI=1S/C28H36ClN3O5/c1-2-3-4-5-6-7-8-9-10-14-25(33)30-24-13-11-12-22(19-24)28(36)37-20-26(34)31-32-27(35)21-15-17-23(29)18-16-21/h11-13,15-19H,2-10,14,20H2,1H3,(H,30,33)(H,31,34)(H,32,35). The second kappa shape index (κ2) is 17.1. The van der Waals surface area contributed by atoms with Crippen molar-refractivity contribution in [1.82, 2.24) is 10.9 Å². The average Bonchev–Trinajstić information content (AvgIpc) is 2.90. The zero-order valence-corrected chi connectivity index (χ0v) is 22.1. The van der Waals surface area contributed by atoms with Crippen molar-refractivity contribution < 1.29 is 23.9 Å². The first-order valence-electron chi connectivity index (χ1n) is 12.8. The van der Waals surface area contributed by atoms with E-state index in [2.05, 4.69) is 23.1 Å². The molecule has 0 saturated carbocycles. The first-order chi connectivity index (χ1) is 17.9. The number of benzene rings is 2. The normalized spacial score (nSPS) is 10.4. The van der Waals surface area contributed by atoms with Crippen molar-refractivity contribution in [3.05, 3.63) is 64.7 Å². The van der Waals surface area contributed by atoms with Crippen LogP contribution in [-0.2, 0) is 14.3 Å². The lowest BCUT2D eigenvalue weighted by molar-refractivity contribution is -0.125. The van der Waals surface area contributed by atoms with E-state index in [1.165, 1.54) is 62.8 Å². The fraction of sp³-hybridized carbons (Fsp3) is 0.429. The van der Waals surface area contributed by atoms with Crippen LogP contribution in [0.1, 0.15) is 91.8 Å². The van der Waals surface area contributed by atoms with Crippen LogP contribution in [0.25, 0.3) is 0 Å². The summed E-state index contributed by atoms with van der Waals surface area (Å²) >= 11 is 5.78. The Hall–Kier alpha value is -3.39. The Balaban J connectivity index is 1.65. The average molecular weight is 530 g/mol. The summed E-state index contributed by atoms with van der Waals surface area (Å²) in [6.07, 6.45) is 11.0. The molecule has 0 fully saturated rings. The molecule has 2 rings (SSSR count). The monoisotopic (exact) mass is 529 g/mol.